The molecule has 1 aliphatic carbocycles. The number of anilines is 1. The van der Waals surface area contributed by atoms with Gasteiger partial charge in [0, 0.05) is 5.56 Å². The van der Waals surface area contributed by atoms with Crippen LogP contribution in [0.25, 0.3) is 0 Å². The SMILES string of the molecule is Cc1cn[nH]c1NC(=O)C1NCC2CCCC21. The molecular weight excluding hydrogens is 216 g/mol. The number of aromatic amines is 1. The van der Waals surface area contributed by atoms with E-state index < -0.39 is 0 Å². The predicted octanol–water partition coefficient (Wildman–Crippen LogP) is 1.04. The minimum absolute atomic E-state index is 0.0230. The molecule has 17 heavy (non-hydrogen) atoms. The summed E-state index contributed by atoms with van der Waals surface area (Å²) in [6.45, 7) is 2.92. The topological polar surface area (TPSA) is 69.8 Å². The highest BCUT2D eigenvalue weighted by Crippen LogP contribution is 2.37. The number of carbonyl (C=O) groups is 1. The van der Waals surface area contributed by atoms with Gasteiger partial charge < -0.3 is 10.6 Å². The second-order valence-corrected chi connectivity index (χ2v) is 5.16. The second-order valence-electron chi connectivity index (χ2n) is 5.16. The van der Waals surface area contributed by atoms with Gasteiger partial charge in [-0.2, -0.15) is 5.10 Å². The van der Waals surface area contributed by atoms with E-state index in [1.54, 1.807) is 6.20 Å². The van der Waals surface area contributed by atoms with Crippen LogP contribution in [0.5, 0.6) is 0 Å². The molecule has 0 spiro atoms. The van der Waals surface area contributed by atoms with Gasteiger partial charge >= 0.3 is 0 Å². The van der Waals surface area contributed by atoms with Crippen molar-refractivity contribution in [2.45, 2.75) is 32.2 Å². The monoisotopic (exact) mass is 234 g/mol. The van der Waals surface area contributed by atoms with Crippen LogP contribution in [0.2, 0.25) is 0 Å². The summed E-state index contributed by atoms with van der Waals surface area (Å²) >= 11 is 0. The van der Waals surface area contributed by atoms with Crippen molar-refractivity contribution in [2.24, 2.45) is 11.8 Å². The molecule has 1 aromatic heterocycles. The fraction of sp³-hybridized carbons (Fsp3) is 0.667. The molecule has 1 amide bonds. The lowest BCUT2D eigenvalue weighted by molar-refractivity contribution is -0.118. The van der Waals surface area contributed by atoms with Crippen LogP contribution in [-0.2, 0) is 4.79 Å². The highest BCUT2D eigenvalue weighted by atomic mass is 16.2. The van der Waals surface area contributed by atoms with Crippen molar-refractivity contribution in [1.29, 1.82) is 0 Å². The van der Waals surface area contributed by atoms with Crippen molar-refractivity contribution < 1.29 is 4.79 Å². The number of nitrogens with one attached hydrogen (secondary N) is 3. The third-order valence-corrected chi connectivity index (χ3v) is 4.11. The minimum atomic E-state index is -0.0230. The van der Waals surface area contributed by atoms with Crippen LogP contribution in [0, 0.1) is 18.8 Å². The second kappa shape index (κ2) is 4.14. The van der Waals surface area contributed by atoms with Gasteiger partial charge in [-0.1, -0.05) is 6.42 Å². The number of hydrogen-bond donors (Lipinski definition) is 3. The number of fused-ring (bicyclic) bond motifs is 1. The number of aromatic nitrogens is 2. The van der Waals surface area contributed by atoms with E-state index in [0.29, 0.717) is 11.8 Å². The van der Waals surface area contributed by atoms with E-state index in [2.05, 4.69) is 20.8 Å². The zero-order chi connectivity index (χ0) is 11.8. The van der Waals surface area contributed by atoms with Gasteiger partial charge in [0.1, 0.15) is 5.82 Å². The van der Waals surface area contributed by atoms with Crippen LogP contribution in [0.3, 0.4) is 0 Å². The third kappa shape index (κ3) is 1.84. The highest BCUT2D eigenvalue weighted by molar-refractivity contribution is 5.95. The van der Waals surface area contributed by atoms with E-state index in [9.17, 15) is 4.79 Å². The molecule has 2 heterocycles. The van der Waals surface area contributed by atoms with E-state index >= 15 is 0 Å². The maximum atomic E-state index is 12.2. The molecule has 2 aliphatic rings. The van der Waals surface area contributed by atoms with Gasteiger partial charge in [-0.25, -0.2) is 0 Å². The summed E-state index contributed by atoms with van der Waals surface area (Å²) in [6, 6.07) is -0.0230. The molecule has 0 bridgehead atoms. The fourth-order valence-corrected chi connectivity index (χ4v) is 3.15. The molecule has 1 aromatic rings. The number of rotatable bonds is 2. The summed E-state index contributed by atoms with van der Waals surface area (Å²) in [5.74, 6) is 2.02. The minimum Gasteiger partial charge on any atom is -0.309 e. The zero-order valence-electron chi connectivity index (χ0n) is 9.99. The lowest BCUT2D eigenvalue weighted by atomic mass is 9.93. The van der Waals surface area contributed by atoms with Gasteiger partial charge in [-0.15, -0.1) is 0 Å². The van der Waals surface area contributed by atoms with Crippen molar-refractivity contribution in [1.82, 2.24) is 15.5 Å². The zero-order valence-corrected chi connectivity index (χ0v) is 9.99. The van der Waals surface area contributed by atoms with E-state index in [4.69, 9.17) is 0 Å². The summed E-state index contributed by atoms with van der Waals surface area (Å²) in [7, 11) is 0. The number of hydrogen-bond acceptors (Lipinski definition) is 3. The Morgan fingerprint density at radius 3 is 3.18 bits per heavy atom. The number of H-pyrrole nitrogens is 1. The Labute approximate surface area is 100 Å². The lowest BCUT2D eigenvalue weighted by Crippen LogP contribution is -2.39. The molecule has 5 nitrogen and oxygen atoms in total. The molecule has 1 saturated heterocycles. The summed E-state index contributed by atoms with van der Waals surface area (Å²) in [6.07, 6.45) is 5.43. The highest BCUT2D eigenvalue weighted by Gasteiger charge is 2.42. The van der Waals surface area contributed by atoms with Crippen molar-refractivity contribution in [3.05, 3.63) is 11.8 Å². The van der Waals surface area contributed by atoms with Crippen LogP contribution in [-0.4, -0.2) is 28.7 Å². The van der Waals surface area contributed by atoms with Crippen molar-refractivity contribution >= 4 is 11.7 Å². The van der Waals surface area contributed by atoms with Crippen LogP contribution in [0.15, 0.2) is 6.20 Å². The number of carbonyl (C=O) groups excluding carboxylic acids is 1. The molecule has 1 saturated carbocycles. The summed E-state index contributed by atoms with van der Waals surface area (Å²) in [5, 5.41) is 13.0. The summed E-state index contributed by atoms with van der Waals surface area (Å²) in [5.41, 5.74) is 0.972. The molecule has 1 aliphatic heterocycles. The average molecular weight is 234 g/mol. The van der Waals surface area contributed by atoms with Gasteiger partial charge in [-0.05, 0) is 38.1 Å². The van der Waals surface area contributed by atoms with Gasteiger partial charge in [0.25, 0.3) is 0 Å². The Bertz CT molecular complexity index is 428. The van der Waals surface area contributed by atoms with E-state index in [0.717, 1.165) is 17.9 Å². The first-order valence-corrected chi connectivity index (χ1v) is 6.30. The summed E-state index contributed by atoms with van der Waals surface area (Å²) < 4.78 is 0. The van der Waals surface area contributed by atoms with E-state index in [1.807, 2.05) is 6.92 Å². The van der Waals surface area contributed by atoms with Crippen LogP contribution < -0.4 is 10.6 Å². The van der Waals surface area contributed by atoms with Gasteiger partial charge in [0.2, 0.25) is 5.91 Å². The Hall–Kier alpha value is -1.36. The van der Waals surface area contributed by atoms with Crippen LogP contribution >= 0.6 is 0 Å². The average Bonchev–Trinajstić information content (AvgIpc) is 2.94. The van der Waals surface area contributed by atoms with Crippen molar-refractivity contribution in [3.8, 4) is 0 Å². The lowest BCUT2D eigenvalue weighted by Gasteiger charge is -2.17. The normalized spacial score (nSPS) is 31.5. The number of amides is 1. The first-order valence-electron chi connectivity index (χ1n) is 6.30. The molecular formula is C12H18N4O. The molecule has 92 valence electrons. The van der Waals surface area contributed by atoms with E-state index in [1.165, 1.54) is 19.3 Å². The maximum Gasteiger partial charge on any atom is 0.242 e. The van der Waals surface area contributed by atoms with Crippen molar-refractivity contribution in [3.63, 3.8) is 0 Å². The standard InChI is InChI=1S/C12H18N4O/c1-7-5-14-16-11(7)15-12(17)10-9-4-2-3-8(9)6-13-10/h5,8-10,13H,2-4,6H2,1H3,(H2,14,15,16,17). The predicted molar refractivity (Wildman–Crippen MR) is 64.6 cm³/mol. The number of nitrogens with zero attached hydrogens (tertiary/aromatic N) is 1. The molecule has 3 atom stereocenters. The molecule has 3 unspecified atom stereocenters. The number of aryl methyl sites for hydroxylation is 1. The molecule has 3 rings (SSSR count). The third-order valence-electron chi connectivity index (χ3n) is 4.11. The maximum absolute atomic E-state index is 12.2. The van der Waals surface area contributed by atoms with Gasteiger partial charge in [-0.3, -0.25) is 9.89 Å². The van der Waals surface area contributed by atoms with Gasteiger partial charge in [0.15, 0.2) is 0 Å². The Kier molecular flexibility index (Phi) is 2.63. The molecule has 0 radical (unpaired) electrons. The molecule has 0 aromatic carbocycles. The largest absolute Gasteiger partial charge is 0.309 e. The Morgan fingerprint density at radius 2 is 2.41 bits per heavy atom. The first kappa shape index (κ1) is 10.8. The quantitative estimate of drug-likeness (QED) is 0.716. The fourth-order valence-electron chi connectivity index (χ4n) is 3.15. The first-order chi connectivity index (χ1) is 8.25. The van der Waals surface area contributed by atoms with Crippen molar-refractivity contribution in [2.75, 3.05) is 11.9 Å². The molecule has 5 heteroatoms. The van der Waals surface area contributed by atoms with Crippen LogP contribution in [0.4, 0.5) is 5.82 Å². The Balaban J connectivity index is 1.69. The summed E-state index contributed by atoms with van der Waals surface area (Å²) in [4.78, 5) is 12.2. The molecule has 3 N–H and O–H groups in total. The smallest absolute Gasteiger partial charge is 0.242 e. The Morgan fingerprint density at radius 1 is 1.53 bits per heavy atom. The van der Waals surface area contributed by atoms with Crippen LogP contribution in [0.1, 0.15) is 24.8 Å². The molecule has 2 fully saturated rings. The van der Waals surface area contributed by atoms with E-state index in [-0.39, 0.29) is 11.9 Å². The van der Waals surface area contributed by atoms with Gasteiger partial charge in [0.05, 0.1) is 12.2 Å².